The third-order valence-corrected chi connectivity index (χ3v) is 6.52. The summed E-state index contributed by atoms with van der Waals surface area (Å²) in [5.41, 5.74) is 0. The maximum atomic E-state index is 12.7. The topological polar surface area (TPSA) is 88.4 Å². The van der Waals surface area contributed by atoms with Crippen LogP contribution >= 0.6 is 11.6 Å². The molecule has 1 amide bonds. The Morgan fingerprint density at radius 2 is 1.85 bits per heavy atom. The van der Waals surface area contributed by atoms with Crippen LogP contribution in [0.3, 0.4) is 0 Å². The molecule has 26 heavy (non-hydrogen) atoms. The second-order valence-electron chi connectivity index (χ2n) is 6.20. The lowest BCUT2D eigenvalue weighted by atomic mass is 10.1. The smallest absolute Gasteiger partial charge is 0.243 e. The highest BCUT2D eigenvalue weighted by Crippen LogP contribution is 2.20. The Morgan fingerprint density at radius 1 is 1.19 bits per heavy atom. The zero-order valence-corrected chi connectivity index (χ0v) is 15.9. The summed E-state index contributed by atoms with van der Waals surface area (Å²) in [7, 11) is -3.57. The summed E-state index contributed by atoms with van der Waals surface area (Å²) in [6, 6.07) is 6.10. The van der Waals surface area contributed by atoms with Crippen LogP contribution in [0.5, 0.6) is 0 Å². The van der Waals surface area contributed by atoms with Gasteiger partial charge in [0.05, 0.1) is 17.4 Å². The number of carbonyl (C=O) groups excluding carboxylic acids is 1. The molecule has 0 radical (unpaired) electrons. The molecular weight excluding hydrogens is 378 g/mol. The van der Waals surface area contributed by atoms with Crippen molar-refractivity contribution in [2.24, 2.45) is 5.92 Å². The van der Waals surface area contributed by atoms with Crippen molar-refractivity contribution in [2.75, 3.05) is 26.2 Å². The van der Waals surface area contributed by atoms with Crippen LogP contribution in [0.2, 0.25) is 5.02 Å². The van der Waals surface area contributed by atoms with Gasteiger partial charge in [0.1, 0.15) is 12.7 Å². The van der Waals surface area contributed by atoms with Gasteiger partial charge in [0.2, 0.25) is 15.9 Å². The molecule has 0 saturated carbocycles. The number of hydrogen-bond acceptors (Lipinski definition) is 5. The van der Waals surface area contributed by atoms with Gasteiger partial charge in [-0.3, -0.25) is 9.48 Å². The first kappa shape index (κ1) is 18.8. The van der Waals surface area contributed by atoms with Crippen molar-refractivity contribution in [3.8, 4) is 0 Å². The number of halogens is 1. The molecule has 2 heterocycles. The van der Waals surface area contributed by atoms with Crippen molar-refractivity contribution in [1.29, 1.82) is 0 Å². The summed E-state index contributed by atoms with van der Waals surface area (Å²) >= 11 is 5.82. The van der Waals surface area contributed by atoms with Crippen LogP contribution in [0.25, 0.3) is 0 Å². The van der Waals surface area contributed by atoms with Crippen molar-refractivity contribution in [2.45, 2.75) is 18.4 Å². The van der Waals surface area contributed by atoms with Gasteiger partial charge in [0.15, 0.2) is 0 Å². The van der Waals surface area contributed by atoms with Crippen molar-refractivity contribution < 1.29 is 13.2 Å². The average Bonchev–Trinajstić information content (AvgIpc) is 3.14. The standard InChI is InChI=1S/C16H20ClN5O3S/c1-13(10-21-12-18-11-19-21)16(23)20-6-8-22(9-7-20)26(24,25)15-4-2-14(17)3-5-15/h2-5,11-13H,6-10H2,1H3/t13-/m1/s1. The fraction of sp³-hybridized carbons (Fsp3) is 0.438. The second-order valence-corrected chi connectivity index (χ2v) is 8.58. The van der Waals surface area contributed by atoms with E-state index in [1.54, 1.807) is 28.0 Å². The summed E-state index contributed by atoms with van der Waals surface area (Å²) < 4.78 is 28.4. The zero-order valence-electron chi connectivity index (χ0n) is 14.3. The third kappa shape index (κ3) is 4.05. The number of benzene rings is 1. The number of sulfonamides is 1. The normalized spacial score (nSPS) is 17.2. The lowest BCUT2D eigenvalue weighted by Crippen LogP contribution is -2.51. The molecule has 0 aliphatic carbocycles. The van der Waals surface area contributed by atoms with Crippen molar-refractivity contribution >= 4 is 27.5 Å². The molecule has 0 spiro atoms. The molecule has 1 saturated heterocycles. The largest absolute Gasteiger partial charge is 0.340 e. The Kier molecular flexibility index (Phi) is 5.59. The molecule has 0 N–H and O–H groups in total. The summed E-state index contributed by atoms with van der Waals surface area (Å²) in [5, 5.41) is 4.49. The van der Waals surface area contributed by atoms with E-state index in [4.69, 9.17) is 11.6 Å². The Morgan fingerprint density at radius 3 is 2.42 bits per heavy atom. The van der Waals surface area contributed by atoms with Crippen LogP contribution in [0.1, 0.15) is 6.92 Å². The van der Waals surface area contributed by atoms with Gasteiger partial charge in [-0.1, -0.05) is 18.5 Å². The number of amides is 1. The van der Waals surface area contributed by atoms with E-state index in [0.29, 0.717) is 24.7 Å². The summed E-state index contributed by atoms with van der Waals surface area (Å²) in [6.07, 6.45) is 3.00. The van der Waals surface area contributed by atoms with Crippen LogP contribution in [-0.2, 0) is 21.4 Å². The molecule has 2 aromatic rings. The van der Waals surface area contributed by atoms with Gasteiger partial charge < -0.3 is 4.90 Å². The van der Waals surface area contributed by atoms with Crippen LogP contribution in [0, 0.1) is 5.92 Å². The lowest BCUT2D eigenvalue weighted by molar-refractivity contribution is -0.136. The van der Waals surface area contributed by atoms with Gasteiger partial charge in [-0.05, 0) is 24.3 Å². The highest BCUT2D eigenvalue weighted by Gasteiger charge is 2.31. The number of hydrogen-bond donors (Lipinski definition) is 0. The molecule has 1 fully saturated rings. The van der Waals surface area contributed by atoms with E-state index >= 15 is 0 Å². The van der Waals surface area contributed by atoms with Crippen LogP contribution in [-0.4, -0.2) is 64.5 Å². The quantitative estimate of drug-likeness (QED) is 0.753. The van der Waals surface area contributed by atoms with Crippen molar-refractivity contribution in [3.05, 3.63) is 41.9 Å². The van der Waals surface area contributed by atoms with Crippen LogP contribution < -0.4 is 0 Å². The molecule has 10 heteroatoms. The first-order valence-corrected chi connectivity index (χ1v) is 10.1. The SMILES string of the molecule is C[C@H](Cn1cncn1)C(=O)N1CCN(S(=O)(=O)c2ccc(Cl)cc2)CC1. The van der Waals surface area contributed by atoms with E-state index in [1.165, 1.54) is 22.8 Å². The van der Waals surface area contributed by atoms with Gasteiger partial charge in [0, 0.05) is 31.2 Å². The van der Waals surface area contributed by atoms with E-state index in [0.717, 1.165) is 0 Å². The van der Waals surface area contributed by atoms with E-state index in [-0.39, 0.29) is 29.8 Å². The van der Waals surface area contributed by atoms with Crippen molar-refractivity contribution in [3.63, 3.8) is 0 Å². The predicted octanol–water partition coefficient (Wildman–Crippen LogP) is 1.10. The number of piperazine rings is 1. The molecular formula is C16H20ClN5O3S. The van der Waals surface area contributed by atoms with Gasteiger partial charge >= 0.3 is 0 Å². The van der Waals surface area contributed by atoms with E-state index in [2.05, 4.69) is 10.1 Å². The van der Waals surface area contributed by atoms with Gasteiger partial charge in [-0.2, -0.15) is 9.40 Å². The van der Waals surface area contributed by atoms with Gasteiger partial charge in [0.25, 0.3) is 0 Å². The zero-order chi connectivity index (χ0) is 18.7. The minimum absolute atomic E-state index is 0.0101. The van der Waals surface area contributed by atoms with E-state index in [9.17, 15) is 13.2 Å². The Labute approximate surface area is 157 Å². The molecule has 0 bridgehead atoms. The maximum Gasteiger partial charge on any atom is 0.243 e. The minimum atomic E-state index is -3.57. The number of aromatic nitrogens is 3. The third-order valence-electron chi connectivity index (χ3n) is 4.35. The Hall–Kier alpha value is -1.97. The highest BCUT2D eigenvalue weighted by atomic mass is 35.5. The lowest BCUT2D eigenvalue weighted by Gasteiger charge is -2.35. The van der Waals surface area contributed by atoms with Crippen LogP contribution in [0.15, 0.2) is 41.8 Å². The molecule has 8 nitrogen and oxygen atoms in total. The summed E-state index contributed by atoms with van der Waals surface area (Å²) in [5.74, 6) is -0.264. The molecule has 1 aromatic heterocycles. The molecule has 3 rings (SSSR count). The fourth-order valence-electron chi connectivity index (χ4n) is 2.90. The minimum Gasteiger partial charge on any atom is -0.340 e. The molecule has 0 unspecified atom stereocenters. The second kappa shape index (κ2) is 7.73. The van der Waals surface area contributed by atoms with E-state index < -0.39 is 10.0 Å². The number of rotatable bonds is 5. The molecule has 1 aromatic carbocycles. The van der Waals surface area contributed by atoms with E-state index in [1.807, 2.05) is 6.92 Å². The van der Waals surface area contributed by atoms with Gasteiger partial charge in [-0.25, -0.2) is 13.4 Å². The first-order valence-electron chi connectivity index (χ1n) is 8.25. The Bertz CT molecular complexity index is 847. The predicted molar refractivity (Wildman–Crippen MR) is 96.0 cm³/mol. The van der Waals surface area contributed by atoms with Crippen LogP contribution in [0.4, 0.5) is 0 Å². The van der Waals surface area contributed by atoms with Gasteiger partial charge in [-0.15, -0.1) is 0 Å². The summed E-state index contributed by atoms with van der Waals surface area (Å²) in [6.45, 7) is 3.56. The van der Waals surface area contributed by atoms with Crippen molar-refractivity contribution in [1.82, 2.24) is 24.0 Å². The molecule has 1 atom stereocenters. The Balaban J connectivity index is 1.59. The molecule has 140 valence electrons. The average molecular weight is 398 g/mol. The summed E-state index contributed by atoms with van der Waals surface area (Å²) in [4.78, 5) is 18.3. The monoisotopic (exact) mass is 397 g/mol. The first-order chi connectivity index (χ1) is 12.4. The fourth-order valence-corrected chi connectivity index (χ4v) is 4.45. The molecule has 1 aliphatic rings. The maximum absolute atomic E-state index is 12.7. The number of nitrogens with zero attached hydrogens (tertiary/aromatic N) is 5. The molecule has 1 aliphatic heterocycles. The highest BCUT2D eigenvalue weighted by molar-refractivity contribution is 7.89. The number of carbonyl (C=O) groups is 1.